The first kappa shape index (κ1) is 17.0. The van der Waals surface area contributed by atoms with Gasteiger partial charge in [-0.15, -0.1) is 5.10 Å². The van der Waals surface area contributed by atoms with Crippen LogP contribution in [0.25, 0.3) is 28.0 Å². The summed E-state index contributed by atoms with van der Waals surface area (Å²) in [6.45, 7) is 2.10. The summed E-state index contributed by atoms with van der Waals surface area (Å²) in [4.78, 5) is 16.0. The topological polar surface area (TPSA) is 85.2 Å². The number of nitrogens with two attached hydrogens (primary N) is 1. The van der Waals surface area contributed by atoms with Crippen LogP contribution in [0.5, 0.6) is 0 Å². The third-order valence-corrected chi connectivity index (χ3v) is 5.78. The molecule has 1 fully saturated rings. The quantitative estimate of drug-likeness (QED) is 0.576. The number of anilines is 2. The van der Waals surface area contributed by atoms with Gasteiger partial charge in [0.05, 0.1) is 11.3 Å². The predicted molar refractivity (Wildman–Crippen MR) is 113 cm³/mol. The van der Waals surface area contributed by atoms with Crippen molar-refractivity contribution in [3.05, 3.63) is 55.1 Å². The smallest absolute Gasteiger partial charge is 0.166 e. The Kier molecular flexibility index (Phi) is 4.32. The van der Waals surface area contributed by atoms with Gasteiger partial charge in [0.15, 0.2) is 11.5 Å². The first-order valence-corrected chi connectivity index (χ1v) is 10.3. The molecule has 1 aliphatic rings. The summed E-state index contributed by atoms with van der Waals surface area (Å²) in [5.41, 5.74) is 10.3. The summed E-state index contributed by atoms with van der Waals surface area (Å²) in [6, 6.07) is 9.86. The molecule has 4 aromatic heterocycles. The van der Waals surface area contributed by atoms with E-state index in [0.717, 1.165) is 52.8 Å². The first-order chi connectivity index (χ1) is 13.8. The van der Waals surface area contributed by atoms with E-state index in [0.29, 0.717) is 11.5 Å². The molecule has 5 rings (SSSR count). The normalized spacial score (nSPS) is 14.5. The second-order valence-corrected chi connectivity index (χ2v) is 7.82. The molecule has 0 amide bonds. The number of aromatic nitrogens is 5. The lowest BCUT2D eigenvalue weighted by molar-refractivity contribution is 0.839. The van der Waals surface area contributed by atoms with Crippen LogP contribution in [0, 0.1) is 0 Å². The van der Waals surface area contributed by atoms with Crippen molar-refractivity contribution in [2.24, 2.45) is 0 Å². The van der Waals surface area contributed by atoms with Crippen LogP contribution in [-0.2, 0) is 0 Å². The minimum Gasteiger partial charge on any atom is -0.382 e. The highest BCUT2D eigenvalue weighted by Crippen LogP contribution is 2.29. The van der Waals surface area contributed by atoms with E-state index in [4.69, 9.17) is 5.73 Å². The van der Waals surface area contributed by atoms with Crippen LogP contribution in [0.4, 0.5) is 11.6 Å². The number of pyridine rings is 2. The molecule has 2 N–H and O–H groups in total. The largest absolute Gasteiger partial charge is 0.382 e. The summed E-state index contributed by atoms with van der Waals surface area (Å²) in [5, 5.41) is 4.43. The second kappa shape index (κ2) is 7.12. The highest BCUT2D eigenvalue weighted by Gasteiger charge is 2.16. The van der Waals surface area contributed by atoms with Gasteiger partial charge in [-0.1, -0.05) is 6.07 Å². The molecule has 1 saturated heterocycles. The molecule has 0 radical (unpaired) electrons. The van der Waals surface area contributed by atoms with E-state index in [1.165, 1.54) is 0 Å². The molecule has 1 aliphatic heterocycles. The van der Waals surface area contributed by atoms with Gasteiger partial charge in [-0.2, -0.15) is 11.8 Å². The zero-order valence-electron chi connectivity index (χ0n) is 15.2. The van der Waals surface area contributed by atoms with E-state index in [1.807, 2.05) is 48.6 Å². The molecule has 0 spiro atoms. The van der Waals surface area contributed by atoms with Gasteiger partial charge in [-0.05, 0) is 24.3 Å². The van der Waals surface area contributed by atoms with Crippen molar-refractivity contribution >= 4 is 29.0 Å². The maximum atomic E-state index is 6.15. The molecule has 0 aromatic carbocycles. The minimum absolute atomic E-state index is 0.416. The number of hydrogen-bond acceptors (Lipinski definition) is 7. The van der Waals surface area contributed by atoms with Gasteiger partial charge in [-0.25, -0.2) is 14.5 Å². The number of fused-ring (bicyclic) bond motifs is 1. The van der Waals surface area contributed by atoms with Crippen molar-refractivity contribution in [2.75, 3.05) is 35.2 Å². The molecule has 0 atom stereocenters. The Bertz CT molecular complexity index is 1100. The van der Waals surface area contributed by atoms with Crippen molar-refractivity contribution in [2.45, 2.75) is 0 Å². The highest BCUT2D eigenvalue weighted by atomic mass is 32.2. The molecule has 8 heteroatoms. The minimum atomic E-state index is 0.416. The van der Waals surface area contributed by atoms with Crippen LogP contribution in [-0.4, -0.2) is 49.2 Å². The van der Waals surface area contributed by atoms with Gasteiger partial charge >= 0.3 is 0 Å². The molecule has 0 saturated carbocycles. The molecule has 5 heterocycles. The number of hydrogen-bond donors (Lipinski definition) is 1. The maximum absolute atomic E-state index is 6.15. The van der Waals surface area contributed by atoms with Crippen LogP contribution in [0.3, 0.4) is 0 Å². The maximum Gasteiger partial charge on any atom is 0.166 e. The van der Waals surface area contributed by atoms with Gasteiger partial charge in [-0.3, -0.25) is 4.98 Å². The fourth-order valence-corrected chi connectivity index (χ4v) is 4.30. The molecule has 0 bridgehead atoms. The predicted octanol–water partition coefficient (Wildman–Crippen LogP) is 2.99. The summed E-state index contributed by atoms with van der Waals surface area (Å²) in [6.07, 6.45) is 7.39. The number of thioether (sulfide) groups is 1. The van der Waals surface area contributed by atoms with Gasteiger partial charge in [0.2, 0.25) is 0 Å². The first-order valence-electron chi connectivity index (χ1n) is 9.14. The molecule has 0 aliphatic carbocycles. The highest BCUT2D eigenvalue weighted by molar-refractivity contribution is 7.99. The number of nitrogen functional groups attached to an aromatic ring is 1. The van der Waals surface area contributed by atoms with E-state index in [-0.39, 0.29) is 0 Å². The average Bonchev–Trinajstić information content (AvgIpc) is 3.10. The van der Waals surface area contributed by atoms with Gasteiger partial charge < -0.3 is 10.6 Å². The molecule has 28 heavy (non-hydrogen) atoms. The monoisotopic (exact) mass is 389 g/mol. The Morgan fingerprint density at radius 2 is 1.79 bits per heavy atom. The Morgan fingerprint density at radius 1 is 0.929 bits per heavy atom. The zero-order chi connectivity index (χ0) is 18.9. The van der Waals surface area contributed by atoms with Crippen molar-refractivity contribution in [3.63, 3.8) is 0 Å². The summed E-state index contributed by atoms with van der Waals surface area (Å²) < 4.78 is 1.71. The Labute approximate surface area is 166 Å². The lowest BCUT2D eigenvalue weighted by Crippen LogP contribution is -2.32. The summed E-state index contributed by atoms with van der Waals surface area (Å²) in [5.74, 6) is 3.76. The van der Waals surface area contributed by atoms with Crippen LogP contribution in [0.1, 0.15) is 0 Å². The third kappa shape index (κ3) is 3.05. The standard InChI is InChI=1S/C20H19N7S/c21-19-18(16-3-1-2-6-22-16)20-24-12-15(13-27(20)25-19)14-4-5-17(23-11-14)26-7-9-28-10-8-26/h1-6,11-13H,7-10H2,(H2,21,25). The Hall–Kier alpha value is -3.13. The van der Waals surface area contributed by atoms with Crippen molar-refractivity contribution in [1.29, 1.82) is 0 Å². The fourth-order valence-electron chi connectivity index (χ4n) is 3.39. The van der Waals surface area contributed by atoms with Crippen molar-refractivity contribution in [3.8, 4) is 22.4 Å². The SMILES string of the molecule is Nc1nn2cc(-c3ccc(N4CCSCC4)nc3)cnc2c1-c1ccccn1. The number of rotatable bonds is 3. The van der Waals surface area contributed by atoms with Crippen LogP contribution >= 0.6 is 11.8 Å². The van der Waals surface area contributed by atoms with Crippen LogP contribution in [0.15, 0.2) is 55.1 Å². The fraction of sp³-hybridized carbons (Fsp3) is 0.200. The average molecular weight is 389 g/mol. The van der Waals surface area contributed by atoms with E-state index in [9.17, 15) is 0 Å². The lowest BCUT2D eigenvalue weighted by Gasteiger charge is -2.27. The summed E-state index contributed by atoms with van der Waals surface area (Å²) >= 11 is 1.99. The van der Waals surface area contributed by atoms with Crippen LogP contribution in [0.2, 0.25) is 0 Å². The molecule has 4 aromatic rings. The van der Waals surface area contributed by atoms with Crippen molar-refractivity contribution in [1.82, 2.24) is 24.6 Å². The lowest BCUT2D eigenvalue weighted by atomic mass is 10.1. The van der Waals surface area contributed by atoms with Gasteiger partial charge in [0, 0.05) is 60.5 Å². The molecule has 0 unspecified atom stereocenters. The number of nitrogens with zero attached hydrogens (tertiary/aromatic N) is 6. The molecule has 140 valence electrons. The van der Waals surface area contributed by atoms with Crippen molar-refractivity contribution < 1.29 is 0 Å². The van der Waals surface area contributed by atoms with Gasteiger partial charge in [0.25, 0.3) is 0 Å². The van der Waals surface area contributed by atoms with E-state index < -0.39 is 0 Å². The van der Waals surface area contributed by atoms with Crippen LogP contribution < -0.4 is 10.6 Å². The van der Waals surface area contributed by atoms with E-state index >= 15 is 0 Å². The summed E-state index contributed by atoms with van der Waals surface area (Å²) in [7, 11) is 0. The van der Waals surface area contributed by atoms with E-state index in [1.54, 1.807) is 10.7 Å². The molecular formula is C20H19N7S. The Morgan fingerprint density at radius 3 is 2.54 bits per heavy atom. The van der Waals surface area contributed by atoms with E-state index in [2.05, 4.69) is 37.1 Å². The second-order valence-electron chi connectivity index (χ2n) is 6.59. The van der Waals surface area contributed by atoms with Gasteiger partial charge in [0.1, 0.15) is 5.82 Å². The molecular weight excluding hydrogens is 370 g/mol. The third-order valence-electron chi connectivity index (χ3n) is 4.84. The molecule has 7 nitrogen and oxygen atoms in total. The Balaban J connectivity index is 1.48. The zero-order valence-corrected chi connectivity index (χ0v) is 16.0.